The first-order chi connectivity index (χ1) is 14.2. The summed E-state index contributed by atoms with van der Waals surface area (Å²) in [5, 5.41) is 4.02. The summed E-state index contributed by atoms with van der Waals surface area (Å²) in [7, 11) is -3.20. The van der Waals surface area contributed by atoms with Crippen LogP contribution in [0.4, 0.5) is 11.8 Å². The molecule has 158 valence electrons. The van der Waals surface area contributed by atoms with Crippen molar-refractivity contribution in [2.45, 2.75) is 17.9 Å². The van der Waals surface area contributed by atoms with Gasteiger partial charge in [-0.05, 0) is 35.7 Å². The van der Waals surface area contributed by atoms with E-state index in [1.165, 1.54) is 6.26 Å². The molecule has 1 heterocycles. The van der Waals surface area contributed by atoms with E-state index in [0.29, 0.717) is 45.0 Å². The van der Waals surface area contributed by atoms with Gasteiger partial charge in [0.05, 0.1) is 20.6 Å². The van der Waals surface area contributed by atoms with Crippen LogP contribution in [0.3, 0.4) is 0 Å². The molecule has 7 nitrogen and oxygen atoms in total. The molecule has 0 amide bonds. The molecule has 0 saturated carbocycles. The van der Waals surface area contributed by atoms with Gasteiger partial charge in [0.1, 0.15) is 5.82 Å². The predicted molar refractivity (Wildman–Crippen MR) is 122 cm³/mol. The van der Waals surface area contributed by atoms with Gasteiger partial charge in [-0.1, -0.05) is 41.4 Å². The molecular formula is C20H21Cl2N5O2S. The Morgan fingerprint density at radius 2 is 1.77 bits per heavy atom. The Morgan fingerprint density at radius 1 is 1.07 bits per heavy atom. The largest absolute Gasteiger partial charge is 0.370 e. The lowest BCUT2D eigenvalue weighted by atomic mass is 10.0. The van der Waals surface area contributed by atoms with E-state index in [-0.39, 0.29) is 12.5 Å². The van der Waals surface area contributed by atoms with Crippen molar-refractivity contribution < 1.29 is 8.42 Å². The Morgan fingerprint density at radius 3 is 2.40 bits per heavy atom. The highest BCUT2D eigenvalue weighted by Crippen LogP contribution is 2.34. The average molecular weight is 466 g/mol. The van der Waals surface area contributed by atoms with E-state index in [1.54, 1.807) is 42.5 Å². The second kappa shape index (κ2) is 9.18. The van der Waals surface area contributed by atoms with Crippen molar-refractivity contribution in [2.24, 2.45) is 5.73 Å². The number of nitrogens with two attached hydrogens (primary N) is 2. The SMILES string of the molecule is CS(=O)(=O)c1ccc(CCNc2cc(-c3ccc(Cl)c(Cl)c3CN)nc(N)n2)cc1. The van der Waals surface area contributed by atoms with Crippen LogP contribution in [0, 0.1) is 0 Å². The quantitative estimate of drug-likeness (QED) is 0.487. The molecule has 5 N–H and O–H groups in total. The normalized spacial score (nSPS) is 11.5. The zero-order chi connectivity index (χ0) is 21.9. The van der Waals surface area contributed by atoms with Gasteiger partial charge in [0.15, 0.2) is 9.84 Å². The Kier molecular flexibility index (Phi) is 6.82. The fraction of sp³-hybridized carbons (Fsp3) is 0.200. The first-order valence-electron chi connectivity index (χ1n) is 9.04. The van der Waals surface area contributed by atoms with Gasteiger partial charge in [-0.15, -0.1) is 0 Å². The molecule has 1 aromatic heterocycles. The summed E-state index contributed by atoms with van der Waals surface area (Å²) >= 11 is 12.4. The van der Waals surface area contributed by atoms with Crippen LogP contribution in [-0.2, 0) is 22.8 Å². The maximum Gasteiger partial charge on any atom is 0.222 e. The summed E-state index contributed by atoms with van der Waals surface area (Å²) in [6.45, 7) is 0.768. The number of sulfone groups is 1. The first-order valence-corrected chi connectivity index (χ1v) is 11.7. The van der Waals surface area contributed by atoms with Crippen LogP contribution in [0.2, 0.25) is 10.0 Å². The fourth-order valence-corrected chi connectivity index (χ4v) is 4.01. The second-order valence-corrected chi connectivity index (χ2v) is 9.48. The summed E-state index contributed by atoms with van der Waals surface area (Å²) in [6.07, 6.45) is 1.86. The lowest BCUT2D eigenvalue weighted by Crippen LogP contribution is -2.09. The van der Waals surface area contributed by atoms with Crippen molar-refractivity contribution in [3.05, 3.63) is 63.6 Å². The van der Waals surface area contributed by atoms with Crippen LogP contribution in [0.15, 0.2) is 47.4 Å². The molecule has 0 saturated heterocycles. The standard InChI is InChI=1S/C20H21Cl2N5O2S/c1-30(28,29)13-4-2-12(3-5-13)8-9-25-18-10-17(26-20(24)27-18)14-6-7-16(21)19(22)15(14)11-23/h2-7,10H,8-9,11,23H2,1H3,(H3,24,25,26,27). The van der Waals surface area contributed by atoms with Gasteiger partial charge >= 0.3 is 0 Å². The predicted octanol–water partition coefficient (Wildman–Crippen LogP) is 3.55. The summed E-state index contributed by atoms with van der Waals surface area (Å²) in [5.74, 6) is 0.667. The third kappa shape index (κ3) is 5.20. The van der Waals surface area contributed by atoms with Gasteiger partial charge in [0.25, 0.3) is 0 Å². The summed E-state index contributed by atoms with van der Waals surface area (Å²) in [5.41, 5.74) is 14.7. The molecule has 0 bridgehead atoms. The third-order valence-corrected chi connectivity index (χ3v) is 6.46. The van der Waals surface area contributed by atoms with E-state index in [2.05, 4.69) is 15.3 Å². The minimum absolute atomic E-state index is 0.113. The molecule has 0 aliphatic heterocycles. The number of halogens is 2. The number of rotatable bonds is 7. The number of benzene rings is 2. The van der Waals surface area contributed by atoms with Crippen molar-refractivity contribution in [1.82, 2.24) is 9.97 Å². The molecule has 0 unspecified atom stereocenters. The molecule has 3 rings (SSSR count). The number of nitrogen functional groups attached to an aromatic ring is 1. The second-order valence-electron chi connectivity index (χ2n) is 6.68. The highest BCUT2D eigenvalue weighted by atomic mass is 35.5. The van der Waals surface area contributed by atoms with Crippen LogP contribution in [0.5, 0.6) is 0 Å². The summed E-state index contributed by atoms with van der Waals surface area (Å²) < 4.78 is 23.1. The molecular weight excluding hydrogens is 445 g/mol. The van der Waals surface area contributed by atoms with E-state index in [1.807, 2.05) is 0 Å². The van der Waals surface area contributed by atoms with Crippen molar-refractivity contribution >= 4 is 44.8 Å². The molecule has 0 spiro atoms. The van der Waals surface area contributed by atoms with Crippen molar-refractivity contribution in [3.8, 4) is 11.3 Å². The average Bonchev–Trinajstić information content (AvgIpc) is 2.69. The molecule has 0 aliphatic rings. The minimum atomic E-state index is -3.20. The number of hydrogen-bond acceptors (Lipinski definition) is 7. The van der Waals surface area contributed by atoms with Gasteiger partial charge in [-0.3, -0.25) is 0 Å². The molecule has 2 aromatic carbocycles. The van der Waals surface area contributed by atoms with Gasteiger partial charge < -0.3 is 16.8 Å². The fourth-order valence-electron chi connectivity index (χ4n) is 2.96. The smallest absolute Gasteiger partial charge is 0.222 e. The van der Waals surface area contributed by atoms with Gasteiger partial charge in [0.2, 0.25) is 5.95 Å². The van der Waals surface area contributed by atoms with Gasteiger partial charge in [-0.25, -0.2) is 13.4 Å². The maximum absolute atomic E-state index is 11.5. The molecule has 0 aliphatic carbocycles. The van der Waals surface area contributed by atoms with Crippen molar-refractivity contribution in [2.75, 3.05) is 23.9 Å². The van der Waals surface area contributed by atoms with E-state index < -0.39 is 9.84 Å². The molecule has 3 aromatic rings. The first kappa shape index (κ1) is 22.3. The van der Waals surface area contributed by atoms with Crippen LogP contribution in [0.25, 0.3) is 11.3 Å². The lowest BCUT2D eigenvalue weighted by molar-refractivity contribution is 0.602. The Bertz CT molecular complexity index is 1170. The number of aromatic nitrogens is 2. The van der Waals surface area contributed by atoms with Crippen LogP contribution < -0.4 is 16.8 Å². The monoisotopic (exact) mass is 465 g/mol. The number of nitrogens with zero attached hydrogens (tertiary/aromatic N) is 2. The van der Waals surface area contributed by atoms with E-state index >= 15 is 0 Å². The Labute approximate surface area is 185 Å². The van der Waals surface area contributed by atoms with Crippen LogP contribution in [0.1, 0.15) is 11.1 Å². The summed E-state index contributed by atoms with van der Waals surface area (Å²) in [6, 6.07) is 12.0. The number of anilines is 2. The molecule has 0 fully saturated rings. The molecule has 0 atom stereocenters. The Balaban J connectivity index is 1.76. The van der Waals surface area contributed by atoms with E-state index in [4.69, 9.17) is 34.7 Å². The highest BCUT2D eigenvalue weighted by molar-refractivity contribution is 7.90. The van der Waals surface area contributed by atoms with Crippen LogP contribution in [-0.4, -0.2) is 31.2 Å². The Hall–Kier alpha value is -2.39. The van der Waals surface area contributed by atoms with E-state index in [9.17, 15) is 8.42 Å². The third-order valence-electron chi connectivity index (χ3n) is 4.49. The number of hydrogen-bond donors (Lipinski definition) is 3. The minimum Gasteiger partial charge on any atom is -0.370 e. The maximum atomic E-state index is 11.5. The van der Waals surface area contributed by atoms with Gasteiger partial charge in [-0.2, -0.15) is 4.98 Å². The van der Waals surface area contributed by atoms with Crippen molar-refractivity contribution in [3.63, 3.8) is 0 Å². The summed E-state index contributed by atoms with van der Waals surface area (Å²) in [4.78, 5) is 8.81. The zero-order valence-corrected chi connectivity index (χ0v) is 18.5. The van der Waals surface area contributed by atoms with E-state index in [0.717, 1.165) is 11.1 Å². The van der Waals surface area contributed by atoms with Crippen molar-refractivity contribution in [1.29, 1.82) is 0 Å². The molecule has 10 heteroatoms. The molecule has 30 heavy (non-hydrogen) atoms. The van der Waals surface area contributed by atoms with Gasteiger partial charge in [0, 0.05) is 31.0 Å². The van der Waals surface area contributed by atoms with Crippen LogP contribution >= 0.6 is 23.2 Å². The topological polar surface area (TPSA) is 124 Å². The lowest BCUT2D eigenvalue weighted by Gasteiger charge is -2.13. The number of nitrogens with one attached hydrogen (secondary N) is 1. The molecule has 0 radical (unpaired) electrons. The zero-order valence-electron chi connectivity index (χ0n) is 16.2. The highest BCUT2D eigenvalue weighted by Gasteiger charge is 2.14.